The van der Waals surface area contributed by atoms with Gasteiger partial charge >= 0.3 is 5.97 Å². The van der Waals surface area contributed by atoms with E-state index < -0.39 is 54.5 Å². The van der Waals surface area contributed by atoms with Crippen molar-refractivity contribution < 1.29 is 29.4 Å². The first-order chi connectivity index (χ1) is 15.6. The minimum atomic E-state index is -1.30. The van der Waals surface area contributed by atoms with E-state index in [0.717, 1.165) is 10.5 Å². The topological polar surface area (TPSA) is 162 Å². The van der Waals surface area contributed by atoms with Gasteiger partial charge in [0.05, 0.1) is 12.6 Å². The van der Waals surface area contributed by atoms with Crippen LogP contribution < -0.4 is 16.4 Å². The molecule has 6 N–H and O–H groups in total. The molecule has 4 atom stereocenters. The first kappa shape index (κ1) is 26.3. The highest BCUT2D eigenvalue weighted by Gasteiger charge is 2.38. The summed E-state index contributed by atoms with van der Waals surface area (Å²) in [6, 6.07) is 5.13. The van der Waals surface area contributed by atoms with Gasteiger partial charge in [-0.3, -0.25) is 14.4 Å². The second kappa shape index (κ2) is 12.3. The van der Waals surface area contributed by atoms with Crippen molar-refractivity contribution in [3.63, 3.8) is 0 Å². The predicted molar refractivity (Wildman–Crippen MR) is 121 cm³/mol. The van der Waals surface area contributed by atoms with Gasteiger partial charge in [-0.25, -0.2) is 4.79 Å². The number of carbonyl (C=O) groups excluding carboxylic acids is 3. The largest absolute Gasteiger partial charge is 0.480 e. The highest BCUT2D eigenvalue weighted by atomic mass is 16.4. The normalized spacial score (nSPS) is 18.5. The van der Waals surface area contributed by atoms with Gasteiger partial charge in [0, 0.05) is 6.54 Å². The Morgan fingerprint density at radius 2 is 1.73 bits per heavy atom. The summed E-state index contributed by atoms with van der Waals surface area (Å²) in [6.45, 7) is 3.31. The summed E-state index contributed by atoms with van der Waals surface area (Å²) in [5.41, 5.74) is 6.91. The van der Waals surface area contributed by atoms with Crippen molar-refractivity contribution in [1.82, 2.24) is 15.5 Å². The van der Waals surface area contributed by atoms with Crippen LogP contribution in [0.2, 0.25) is 0 Å². The summed E-state index contributed by atoms with van der Waals surface area (Å²) < 4.78 is 0. The minimum absolute atomic E-state index is 0.0460. The van der Waals surface area contributed by atoms with Gasteiger partial charge in [0.25, 0.3) is 0 Å². The predicted octanol–water partition coefficient (Wildman–Crippen LogP) is -0.360. The summed E-state index contributed by atoms with van der Waals surface area (Å²) in [4.78, 5) is 50.9. The summed E-state index contributed by atoms with van der Waals surface area (Å²) in [5, 5.41) is 24.2. The maximum Gasteiger partial charge on any atom is 0.326 e. The number of hydrogen-bond acceptors (Lipinski definition) is 6. The molecule has 0 bridgehead atoms. The summed E-state index contributed by atoms with van der Waals surface area (Å²) in [5.74, 6) is -2.88. The van der Waals surface area contributed by atoms with E-state index in [4.69, 9.17) is 5.73 Å². The summed E-state index contributed by atoms with van der Waals surface area (Å²) in [7, 11) is 0. The zero-order valence-electron chi connectivity index (χ0n) is 19.1. The van der Waals surface area contributed by atoms with Crippen LogP contribution in [0, 0.1) is 5.92 Å². The first-order valence-corrected chi connectivity index (χ1v) is 11.2. The molecule has 3 amide bonds. The molecule has 10 nitrogen and oxygen atoms in total. The lowest BCUT2D eigenvalue weighted by atomic mass is 10.0. The van der Waals surface area contributed by atoms with Crippen LogP contribution in [0.15, 0.2) is 30.3 Å². The number of nitrogens with two attached hydrogens (primary N) is 1. The molecule has 2 rings (SSSR count). The number of aliphatic hydroxyl groups is 1. The van der Waals surface area contributed by atoms with Gasteiger partial charge < -0.3 is 31.5 Å². The van der Waals surface area contributed by atoms with E-state index in [1.54, 1.807) is 0 Å². The highest BCUT2D eigenvalue weighted by molar-refractivity contribution is 5.94. The fourth-order valence-corrected chi connectivity index (χ4v) is 3.89. The van der Waals surface area contributed by atoms with Gasteiger partial charge in [-0.15, -0.1) is 0 Å². The molecule has 1 aromatic rings. The number of hydrogen-bond donors (Lipinski definition) is 5. The van der Waals surface area contributed by atoms with Crippen LogP contribution >= 0.6 is 0 Å². The Morgan fingerprint density at radius 3 is 2.30 bits per heavy atom. The fourth-order valence-electron chi connectivity index (χ4n) is 3.89. The van der Waals surface area contributed by atoms with Crippen LogP contribution in [0.5, 0.6) is 0 Å². The van der Waals surface area contributed by atoms with Crippen molar-refractivity contribution in [2.45, 2.75) is 63.7 Å². The van der Waals surface area contributed by atoms with E-state index >= 15 is 0 Å². The zero-order chi connectivity index (χ0) is 24.5. The van der Waals surface area contributed by atoms with Crippen molar-refractivity contribution in [2.75, 3.05) is 13.2 Å². The number of nitrogens with one attached hydrogen (secondary N) is 2. The van der Waals surface area contributed by atoms with E-state index in [1.807, 2.05) is 44.2 Å². The Bertz CT molecular complexity index is 832. The monoisotopic (exact) mass is 462 g/mol. The number of benzene rings is 1. The minimum Gasteiger partial charge on any atom is -0.480 e. The lowest BCUT2D eigenvalue weighted by Gasteiger charge is -2.28. The average molecular weight is 463 g/mol. The smallest absolute Gasteiger partial charge is 0.326 e. The van der Waals surface area contributed by atoms with Gasteiger partial charge in [0.2, 0.25) is 17.7 Å². The van der Waals surface area contributed by atoms with Crippen LogP contribution in [0.4, 0.5) is 0 Å². The van der Waals surface area contributed by atoms with Crippen LogP contribution in [0.25, 0.3) is 0 Å². The van der Waals surface area contributed by atoms with Crippen LogP contribution in [-0.2, 0) is 25.6 Å². The molecule has 0 aromatic heterocycles. The SMILES string of the molecule is CC(C)CC(NC(=O)C(N)Cc1ccccc1)C(=O)NC(CO)C(=O)N1CCCC1C(=O)O. The van der Waals surface area contributed by atoms with Gasteiger partial charge in [-0.05, 0) is 37.2 Å². The molecular weight excluding hydrogens is 428 g/mol. The molecule has 182 valence electrons. The highest BCUT2D eigenvalue weighted by Crippen LogP contribution is 2.18. The molecule has 0 saturated carbocycles. The number of carbonyl (C=O) groups is 4. The number of aliphatic carboxylic acids is 1. The second-order valence-electron chi connectivity index (χ2n) is 8.76. The third kappa shape index (κ3) is 7.54. The second-order valence-corrected chi connectivity index (χ2v) is 8.76. The number of aliphatic hydroxyl groups excluding tert-OH is 1. The molecule has 1 aliphatic rings. The lowest BCUT2D eigenvalue weighted by Crippen LogP contribution is -2.58. The number of rotatable bonds is 11. The molecule has 33 heavy (non-hydrogen) atoms. The summed E-state index contributed by atoms with van der Waals surface area (Å²) >= 11 is 0. The van der Waals surface area contributed by atoms with Gasteiger partial charge in [-0.1, -0.05) is 44.2 Å². The van der Waals surface area contributed by atoms with E-state index in [1.165, 1.54) is 0 Å². The average Bonchev–Trinajstić information content (AvgIpc) is 3.27. The molecule has 10 heteroatoms. The molecule has 1 saturated heterocycles. The molecule has 4 unspecified atom stereocenters. The van der Waals surface area contributed by atoms with E-state index in [-0.39, 0.29) is 12.5 Å². The third-order valence-corrected chi connectivity index (χ3v) is 5.59. The Kier molecular flexibility index (Phi) is 9.80. The third-order valence-electron chi connectivity index (χ3n) is 5.59. The number of nitrogens with zero attached hydrogens (tertiary/aromatic N) is 1. The summed E-state index contributed by atoms with van der Waals surface area (Å²) in [6.07, 6.45) is 1.44. The van der Waals surface area contributed by atoms with Crippen molar-refractivity contribution in [1.29, 1.82) is 0 Å². The molecule has 1 heterocycles. The van der Waals surface area contributed by atoms with Gasteiger partial charge in [-0.2, -0.15) is 0 Å². The fraction of sp³-hybridized carbons (Fsp3) is 0.565. The molecule has 1 aromatic carbocycles. The first-order valence-electron chi connectivity index (χ1n) is 11.2. The number of carboxylic acids is 1. The van der Waals surface area contributed by atoms with Crippen LogP contribution in [0.3, 0.4) is 0 Å². The Hall–Kier alpha value is -2.98. The van der Waals surface area contributed by atoms with E-state index in [2.05, 4.69) is 10.6 Å². The van der Waals surface area contributed by atoms with E-state index in [0.29, 0.717) is 25.7 Å². The maximum atomic E-state index is 12.9. The molecule has 0 aliphatic carbocycles. The van der Waals surface area contributed by atoms with E-state index in [9.17, 15) is 29.4 Å². The molecular formula is C23H34N4O6. The lowest BCUT2D eigenvalue weighted by molar-refractivity contribution is -0.150. The van der Waals surface area contributed by atoms with Gasteiger partial charge in [0.1, 0.15) is 18.1 Å². The van der Waals surface area contributed by atoms with Crippen LogP contribution in [-0.4, -0.2) is 76.1 Å². The Morgan fingerprint density at radius 1 is 1.09 bits per heavy atom. The van der Waals surface area contributed by atoms with Crippen LogP contribution in [0.1, 0.15) is 38.7 Å². The molecule has 0 spiro atoms. The van der Waals surface area contributed by atoms with Crippen molar-refractivity contribution in [2.24, 2.45) is 11.7 Å². The quantitative estimate of drug-likeness (QED) is 0.300. The number of carboxylic acid groups (broad SMARTS) is 1. The van der Waals surface area contributed by atoms with Gasteiger partial charge in [0.15, 0.2) is 0 Å². The molecule has 1 fully saturated rings. The molecule has 0 radical (unpaired) electrons. The number of likely N-dealkylation sites (tertiary alicyclic amines) is 1. The van der Waals surface area contributed by atoms with Crippen molar-refractivity contribution in [3.8, 4) is 0 Å². The Balaban J connectivity index is 2.04. The molecule has 1 aliphatic heterocycles. The van der Waals surface area contributed by atoms with Crippen molar-refractivity contribution >= 4 is 23.7 Å². The zero-order valence-corrected chi connectivity index (χ0v) is 19.1. The Labute approximate surface area is 193 Å². The maximum absolute atomic E-state index is 12.9. The van der Waals surface area contributed by atoms with Crippen molar-refractivity contribution in [3.05, 3.63) is 35.9 Å². The number of amides is 3. The standard InChI is InChI=1S/C23H34N4O6/c1-14(2)11-17(25-20(29)16(24)12-15-7-4-3-5-8-15)21(30)26-18(13-28)22(31)27-10-6-9-19(27)23(32)33/h3-5,7-8,14,16-19,28H,6,9-13,24H2,1-2H3,(H,25,29)(H,26,30)(H,32,33).